The molecule has 0 aliphatic rings. The molecule has 0 bridgehead atoms. The van der Waals surface area contributed by atoms with Crippen molar-refractivity contribution in [2.45, 2.75) is 13.0 Å². The van der Waals surface area contributed by atoms with Crippen LogP contribution in [0.2, 0.25) is 0 Å². The van der Waals surface area contributed by atoms with Crippen molar-refractivity contribution < 1.29 is 13.6 Å². The molecule has 1 amide bonds. The Morgan fingerprint density at radius 1 is 1.22 bits per heavy atom. The van der Waals surface area contributed by atoms with Crippen LogP contribution in [0.4, 0.5) is 14.5 Å². The third kappa shape index (κ3) is 4.34. The van der Waals surface area contributed by atoms with E-state index in [0.29, 0.717) is 16.8 Å². The van der Waals surface area contributed by atoms with Gasteiger partial charge in [0.1, 0.15) is 6.07 Å². The largest absolute Gasteiger partial charge is 0.324 e. The van der Waals surface area contributed by atoms with E-state index in [-0.39, 0.29) is 18.5 Å². The van der Waals surface area contributed by atoms with Crippen LogP contribution in [0.1, 0.15) is 24.1 Å². The highest BCUT2D eigenvalue weighted by molar-refractivity contribution is 5.93. The van der Waals surface area contributed by atoms with Crippen LogP contribution in [-0.2, 0) is 4.79 Å². The van der Waals surface area contributed by atoms with Crippen molar-refractivity contribution in [3.8, 4) is 6.07 Å². The molecule has 0 aliphatic carbocycles. The summed E-state index contributed by atoms with van der Waals surface area (Å²) in [5.41, 5.74) is 1.34. The third-order valence-electron chi connectivity index (χ3n) is 3.33. The molecular weight excluding hydrogens is 300 g/mol. The van der Waals surface area contributed by atoms with Gasteiger partial charge in [-0.2, -0.15) is 5.26 Å². The van der Waals surface area contributed by atoms with Gasteiger partial charge in [-0.15, -0.1) is 0 Å². The Labute approximate surface area is 132 Å². The number of rotatable bonds is 5. The molecule has 0 saturated heterocycles. The second kappa shape index (κ2) is 7.47. The SMILES string of the molecule is C[C@H](NCC(=O)Nc1ccccc1C#N)c1ccc(F)c(F)c1. The lowest BCUT2D eigenvalue weighted by Crippen LogP contribution is -2.30. The molecular formula is C17H15F2N3O. The molecule has 2 aromatic carbocycles. The molecule has 0 radical (unpaired) electrons. The molecule has 2 aromatic rings. The van der Waals surface area contributed by atoms with Crippen molar-refractivity contribution in [1.29, 1.82) is 5.26 Å². The summed E-state index contributed by atoms with van der Waals surface area (Å²) < 4.78 is 26.1. The van der Waals surface area contributed by atoms with E-state index < -0.39 is 11.6 Å². The number of nitrogens with zero attached hydrogens (tertiary/aromatic N) is 1. The van der Waals surface area contributed by atoms with Gasteiger partial charge in [0, 0.05) is 6.04 Å². The van der Waals surface area contributed by atoms with Gasteiger partial charge in [-0.25, -0.2) is 8.78 Å². The van der Waals surface area contributed by atoms with Crippen LogP contribution in [0.25, 0.3) is 0 Å². The number of hydrogen-bond donors (Lipinski definition) is 2. The predicted molar refractivity (Wildman–Crippen MR) is 82.6 cm³/mol. The summed E-state index contributed by atoms with van der Waals surface area (Å²) in [7, 11) is 0. The van der Waals surface area contributed by atoms with Gasteiger partial charge in [-0.3, -0.25) is 4.79 Å². The molecule has 2 rings (SSSR count). The quantitative estimate of drug-likeness (QED) is 0.891. The zero-order valence-corrected chi connectivity index (χ0v) is 12.4. The molecule has 2 N–H and O–H groups in total. The number of anilines is 1. The topological polar surface area (TPSA) is 64.9 Å². The number of nitrogens with one attached hydrogen (secondary N) is 2. The minimum atomic E-state index is -0.927. The molecule has 118 valence electrons. The monoisotopic (exact) mass is 315 g/mol. The maximum absolute atomic E-state index is 13.2. The molecule has 0 spiro atoms. The highest BCUT2D eigenvalue weighted by Gasteiger charge is 2.11. The van der Waals surface area contributed by atoms with Crippen LogP contribution in [0, 0.1) is 23.0 Å². The van der Waals surface area contributed by atoms with E-state index in [1.807, 2.05) is 6.07 Å². The van der Waals surface area contributed by atoms with Gasteiger partial charge in [-0.1, -0.05) is 18.2 Å². The maximum atomic E-state index is 13.2. The minimum Gasteiger partial charge on any atom is -0.324 e. The summed E-state index contributed by atoms with van der Waals surface area (Å²) in [6.45, 7) is 1.71. The van der Waals surface area contributed by atoms with Crippen molar-refractivity contribution in [3.05, 3.63) is 65.2 Å². The van der Waals surface area contributed by atoms with E-state index in [9.17, 15) is 13.6 Å². The summed E-state index contributed by atoms with van der Waals surface area (Å²) >= 11 is 0. The first kappa shape index (κ1) is 16.6. The Morgan fingerprint density at radius 3 is 2.65 bits per heavy atom. The number of hydrogen-bond acceptors (Lipinski definition) is 3. The van der Waals surface area contributed by atoms with E-state index in [1.165, 1.54) is 6.07 Å². The Balaban J connectivity index is 1.93. The number of carbonyl (C=O) groups is 1. The van der Waals surface area contributed by atoms with Gasteiger partial charge in [0.15, 0.2) is 11.6 Å². The van der Waals surface area contributed by atoms with Crippen LogP contribution in [0.5, 0.6) is 0 Å². The van der Waals surface area contributed by atoms with Crippen molar-refractivity contribution in [2.24, 2.45) is 0 Å². The Hall–Kier alpha value is -2.78. The Morgan fingerprint density at radius 2 is 1.96 bits per heavy atom. The van der Waals surface area contributed by atoms with Gasteiger partial charge in [0.25, 0.3) is 0 Å². The summed E-state index contributed by atoms with van der Waals surface area (Å²) in [4.78, 5) is 11.9. The van der Waals surface area contributed by atoms with Gasteiger partial charge < -0.3 is 10.6 Å². The highest BCUT2D eigenvalue weighted by Crippen LogP contribution is 2.16. The second-order valence-corrected chi connectivity index (χ2v) is 4.98. The van der Waals surface area contributed by atoms with Crippen molar-refractivity contribution >= 4 is 11.6 Å². The molecule has 0 aromatic heterocycles. The zero-order chi connectivity index (χ0) is 16.8. The first-order valence-electron chi connectivity index (χ1n) is 6.98. The molecule has 1 atom stereocenters. The van der Waals surface area contributed by atoms with Crippen LogP contribution in [0.3, 0.4) is 0 Å². The average Bonchev–Trinajstić information content (AvgIpc) is 2.55. The summed E-state index contributed by atoms with van der Waals surface area (Å²) in [5.74, 6) is -2.17. The lowest BCUT2D eigenvalue weighted by molar-refractivity contribution is -0.115. The molecule has 23 heavy (non-hydrogen) atoms. The molecule has 0 unspecified atom stereocenters. The smallest absolute Gasteiger partial charge is 0.238 e. The van der Waals surface area contributed by atoms with Crippen LogP contribution in [0.15, 0.2) is 42.5 Å². The van der Waals surface area contributed by atoms with Gasteiger partial charge >= 0.3 is 0 Å². The van der Waals surface area contributed by atoms with E-state index >= 15 is 0 Å². The number of para-hydroxylation sites is 1. The van der Waals surface area contributed by atoms with E-state index in [2.05, 4.69) is 10.6 Å². The van der Waals surface area contributed by atoms with Crippen molar-refractivity contribution in [1.82, 2.24) is 5.32 Å². The second-order valence-electron chi connectivity index (χ2n) is 4.98. The normalized spacial score (nSPS) is 11.6. The fraction of sp³-hybridized carbons (Fsp3) is 0.176. The molecule has 6 heteroatoms. The standard InChI is InChI=1S/C17H15F2N3O/c1-11(12-6-7-14(18)15(19)8-12)21-10-17(23)22-16-5-3-2-4-13(16)9-20/h2-8,11,21H,10H2,1H3,(H,22,23)/t11-/m0/s1. The van der Waals surface area contributed by atoms with E-state index in [1.54, 1.807) is 31.2 Å². The Kier molecular flexibility index (Phi) is 5.39. The number of carbonyl (C=O) groups excluding carboxylic acids is 1. The van der Waals surface area contributed by atoms with Crippen LogP contribution < -0.4 is 10.6 Å². The fourth-order valence-corrected chi connectivity index (χ4v) is 2.03. The number of halogens is 2. The predicted octanol–water partition coefficient (Wildman–Crippen LogP) is 3.13. The van der Waals surface area contributed by atoms with Crippen LogP contribution >= 0.6 is 0 Å². The fourth-order valence-electron chi connectivity index (χ4n) is 2.03. The molecule has 0 heterocycles. The van der Waals surface area contributed by atoms with Crippen LogP contribution in [-0.4, -0.2) is 12.5 Å². The van der Waals surface area contributed by atoms with Crippen molar-refractivity contribution in [3.63, 3.8) is 0 Å². The van der Waals surface area contributed by atoms with Gasteiger partial charge in [0.05, 0.1) is 17.8 Å². The molecule has 4 nitrogen and oxygen atoms in total. The first-order chi connectivity index (χ1) is 11.0. The number of nitriles is 1. The summed E-state index contributed by atoms with van der Waals surface area (Å²) in [6, 6.07) is 11.9. The lowest BCUT2D eigenvalue weighted by Gasteiger charge is -2.14. The lowest BCUT2D eigenvalue weighted by atomic mass is 10.1. The molecule has 0 saturated carbocycles. The molecule has 0 aliphatic heterocycles. The summed E-state index contributed by atoms with van der Waals surface area (Å²) in [6.07, 6.45) is 0. The van der Waals surface area contributed by atoms with E-state index in [4.69, 9.17) is 5.26 Å². The van der Waals surface area contributed by atoms with Crippen molar-refractivity contribution in [2.75, 3.05) is 11.9 Å². The van der Waals surface area contributed by atoms with Gasteiger partial charge in [-0.05, 0) is 36.8 Å². The van der Waals surface area contributed by atoms with Gasteiger partial charge in [0.2, 0.25) is 5.91 Å². The number of amides is 1. The van der Waals surface area contributed by atoms with E-state index in [0.717, 1.165) is 12.1 Å². The minimum absolute atomic E-state index is 0.0279. The third-order valence-corrected chi connectivity index (χ3v) is 3.33. The number of benzene rings is 2. The average molecular weight is 315 g/mol. The summed E-state index contributed by atoms with van der Waals surface area (Å²) in [5, 5.41) is 14.5. The Bertz CT molecular complexity index is 756. The maximum Gasteiger partial charge on any atom is 0.238 e. The first-order valence-corrected chi connectivity index (χ1v) is 6.98. The zero-order valence-electron chi connectivity index (χ0n) is 12.4. The highest BCUT2D eigenvalue weighted by atomic mass is 19.2. The molecule has 0 fully saturated rings.